The van der Waals surface area contributed by atoms with Crippen LogP contribution in [-0.2, 0) is 6.54 Å². The molecule has 16 heavy (non-hydrogen) atoms. The first-order valence-corrected chi connectivity index (χ1v) is 5.63. The molecule has 1 rings (SSSR count). The fourth-order valence-electron chi connectivity index (χ4n) is 1.42. The van der Waals surface area contributed by atoms with Crippen molar-refractivity contribution in [2.45, 2.75) is 32.4 Å². The zero-order valence-corrected chi connectivity index (χ0v) is 9.96. The molecule has 0 spiro atoms. The number of hydrogen-bond acceptors (Lipinski definition) is 3. The van der Waals surface area contributed by atoms with Crippen molar-refractivity contribution in [2.24, 2.45) is 0 Å². The van der Waals surface area contributed by atoms with Crippen molar-refractivity contribution >= 4 is 11.6 Å². The fraction of sp³-hybridized carbons (Fsp3) is 0.417. The van der Waals surface area contributed by atoms with E-state index in [1.165, 1.54) is 0 Å². The highest BCUT2D eigenvalue weighted by molar-refractivity contribution is 6.30. The molecule has 86 valence electrons. The molecule has 0 aliphatic heterocycles. The second-order valence-corrected chi connectivity index (χ2v) is 4.06. The smallest absolute Gasteiger partial charge is 0.120 e. The average Bonchev–Trinajstić information content (AvgIpc) is 2.28. The topological polar surface area (TPSA) is 56.0 Å². The standard InChI is InChI=1S/C12H15ClN2O/c1-2-11(5-6-14)15-8-9-7-10(13)3-4-12(9)16/h3-4,7,11,15-16H,2,5,8H2,1H3. The Balaban J connectivity index is 2.60. The fourth-order valence-corrected chi connectivity index (χ4v) is 1.62. The van der Waals surface area contributed by atoms with Crippen LogP contribution in [0.1, 0.15) is 25.3 Å². The summed E-state index contributed by atoms with van der Waals surface area (Å²) >= 11 is 5.84. The van der Waals surface area contributed by atoms with Gasteiger partial charge in [0, 0.05) is 23.2 Å². The Labute approximate surface area is 101 Å². The molecule has 0 aliphatic carbocycles. The Morgan fingerprint density at radius 1 is 1.56 bits per heavy atom. The van der Waals surface area contributed by atoms with E-state index in [1.807, 2.05) is 6.92 Å². The normalized spacial score (nSPS) is 12.1. The number of phenolic OH excluding ortho intramolecular Hbond substituents is 1. The molecule has 0 heterocycles. The molecule has 3 nitrogen and oxygen atoms in total. The molecule has 0 bridgehead atoms. The Morgan fingerprint density at radius 2 is 2.31 bits per heavy atom. The minimum atomic E-state index is 0.156. The molecule has 1 unspecified atom stereocenters. The van der Waals surface area contributed by atoms with Crippen molar-refractivity contribution in [1.29, 1.82) is 5.26 Å². The molecule has 0 amide bonds. The van der Waals surface area contributed by atoms with Crippen molar-refractivity contribution in [2.75, 3.05) is 0 Å². The minimum absolute atomic E-state index is 0.156. The van der Waals surface area contributed by atoms with Crippen molar-refractivity contribution in [1.82, 2.24) is 5.32 Å². The van der Waals surface area contributed by atoms with Gasteiger partial charge >= 0.3 is 0 Å². The van der Waals surface area contributed by atoms with Gasteiger partial charge in [0.05, 0.1) is 12.5 Å². The highest BCUT2D eigenvalue weighted by atomic mass is 35.5. The van der Waals surface area contributed by atoms with Gasteiger partial charge < -0.3 is 10.4 Å². The molecule has 0 saturated carbocycles. The molecule has 1 aromatic rings. The lowest BCUT2D eigenvalue weighted by Crippen LogP contribution is -2.27. The number of nitriles is 1. The lowest BCUT2D eigenvalue weighted by Gasteiger charge is -2.14. The van der Waals surface area contributed by atoms with E-state index < -0.39 is 0 Å². The molecule has 0 aromatic heterocycles. The van der Waals surface area contributed by atoms with Crippen LogP contribution in [0.15, 0.2) is 18.2 Å². The van der Waals surface area contributed by atoms with Crippen molar-refractivity contribution in [3.05, 3.63) is 28.8 Å². The van der Waals surface area contributed by atoms with Gasteiger partial charge in [0.2, 0.25) is 0 Å². The summed E-state index contributed by atoms with van der Waals surface area (Å²) in [7, 11) is 0. The first kappa shape index (κ1) is 12.8. The third-order valence-corrected chi connectivity index (χ3v) is 2.69. The van der Waals surface area contributed by atoms with Gasteiger partial charge in [-0.3, -0.25) is 0 Å². The summed E-state index contributed by atoms with van der Waals surface area (Å²) in [6.07, 6.45) is 1.35. The Hall–Kier alpha value is -1.24. The molecular weight excluding hydrogens is 224 g/mol. The predicted molar refractivity (Wildman–Crippen MR) is 64.3 cm³/mol. The third-order valence-electron chi connectivity index (χ3n) is 2.45. The first-order chi connectivity index (χ1) is 7.67. The molecule has 0 saturated heterocycles. The molecule has 0 fully saturated rings. The van der Waals surface area contributed by atoms with Crippen molar-refractivity contribution < 1.29 is 5.11 Å². The van der Waals surface area contributed by atoms with E-state index in [-0.39, 0.29) is 11.8 Å². The Kier molecular flexibility index (Phi) is 5.10. The van der Waals surface area contributed by atoms with E-state index in [9.17, 15) is 5.11 Å². The van der Waals surface area contributed by atoms with Gasteiger partial charge in [-0.25, -0.2) is 0 Å². The number of aromatic hydroxyl groups is 1. The predicted octanol–water partition coefficient (Wildman–Crippen LogP) is 2.83. The summed E-state index contributed by atoms with van der Waals surface area (Å²) in [5.74, 6) is 0.226. The van der Waals surface area contributed by atoms with E-state index >= 15 is 0 Å². The SMILES string of the molecule is CCC(CC#N)NCc1cc(Cl)ccc1O. The number of rotatable bonds is 5. The summed E-state index contributed by atoms with van der Waals surface area (Å²) in [6.45, 7) is 2.54. The zero-order valence-electron chi connectivity index (χ0n) is 9.20. The maximum Gasteiger partial charge on any atom is 0.120 e. The Morgan fingerprint density at radius 3 is 2.94 bits per heavy atom. The van der Waals surface area contributed by atoms with Gasteiger partial charge in [0.1, 0.15) is 5.75 Å². The number of nitrogens with one attached hydrogen (secondary N) is 1. The number of hydrogen-bond donors (Lipinski definition) is 2. The minimum Gasteiger partial charge on any atom is -0.508 e. The first-order valence-electron chi connectivity index (χ1n) is 5.25. The van der Waals surface area contributed by atoms with E-state index in [2.05, 4.69) is 11.4 Å². The van der Waals surface area contributed by atoms with Crippen LogP contribution < -0.4 is 5.32 Å². The summed E-state index contributed by atoms with van der Waals surface area (Å²) < 4.78 is 0. The molecule has 1 atom stereocenters. The quantitative estimate of drug-likeness (QED) is 0.830. The summed E-state index contributed by atoms with van der Waals surface area (Å²) in [4.78, 5) is 0. The number of phenols is 1. The van der Waals surface area contributed by atoms with Gasteiger partial charge in [0.15, 0.2) is 0 Å². The van der Waals surface area contributed by atoms with Crippen LogP contribution >= 0.6 is 11.6 Å². The summed E-state index contributed by atoms with van der Waals surface area (Å²) in [6, 6.07) is 7.23. The monoisotopic (exact) mass is 238 g/mol. The van der Waals surface area contributed by atoms with E-state index in [0.29, 0.717) is 18.0 Å². The maximum absolute atomic E-state index is 9.59. The van der Waals surface area contributed by atoms with Crippen molar-refractivity contribution in [3.8, 4) is 11.8 Å². The van der Waals surface area contributed by atoms with Gasteiger partial charge in [-0.15, -0.1) is 0 Å². The molecular formula is C12H15ClN2O. The van der Waals surface area contributed by atoms with Crippen LogP contribution in [0, 0.1) is 11.3 Å². The van der Waals surface area contributed by atoms with Gasteiger partial charge in [0.25, 0.3) is 0 Å². The second kappa shape index (κ2) is 6.37. The second-order valence-electron chi connectivity index (χ2n) is 3.62. The van der Waals surface area contributed by atoms with E-state index in [4.69, 9.17) is 16.9 Å². The highest BCUT2D eigenvalue weighted by Crippen LogP contribution is 2.21. The zero-order chi connectivity index (χ0) is 12.0. The van der Waals surface area contributed by atoms with Crippen LogP contribution in [-0.4, -0.2) is 11.1 Å². The molecule has 4 heteroatoms. The lowest BCUT2D eigenvalue weighted by atomic mass is 10.1. The Bertz CT molecular complexity index is 387. The van der Waals surface area contributed by atoms with Crippen LogP contribution in [0.2, 0.25) is 5.02 Å². The molecule has 0 aliphatic rings. The van der Waals surface area contributed by atoms with Gasteiger partial charge in [-0.05, 0) is 24.6 Å². The average molecular weight is 239 g/mol. The lowest BCUT2D eigenvalue weighted by molar-refractivity contribution is 0.453. The highest BCUT2D eigenvalue weighted by Gasteiger charge is 2.07. The van der Waals surface area contributed by atoms with Crippen LogP contribution in [0.4, 0.5) is 0 Å². The summed E-state index contributed by atoms with van der Waals surface area (Å²) in [5.41, 5.74) is 0.754. The molecule has 0 radical (unpaired) electrons. The third kappa shape index (κ3) is 3.73. The summed E-state index contributed by atoms with van der Waals surface area (Å²) in [5, 5.41) is 22.0. The molecule has 2 N–H and O–H groups in total. The number of benzene rings is 1. The molecule has 1 aromatic carbocycles. The van der Waals surface area contributed by atoms with Gasteiger partial charge in [-0.2, -0.15) is 5.26 Å². The van der Waals surface area contributed by atoms with E-state index in [1.54, 1.807) is 18.2 Å². The van der Waals surface area contributed by atoms with E-state index in [0.717, 1.165) is 12.0 Å². The van der Waals surface area contributed by atoms with Crippen LogP contribution in [0.3, 0.4) is 0 Å². The van der Waals surface area contributed by atoms with Crippen LogP contribution in [0.5, 0.6) is 5.75 Å². The maximum atomic E-state index is 9.59. The number of nitrogens with zero attached hydrogens (tertiary/aromatic N) is 1. The number of halogens is 1. The largest absolute Gasteiger partial charge is 0.508 e. The van der Waals surface area contributed by atoms with Crippen LogP contribution in [0.25, 0.3) is 0 Å². The van der Waals surface area contributed by atoms with Gasteiger partial charge in [-0.1, -0.05) is 18.5 Å². The van der Waals surface area contributed by atoms with Crippen molar-refractivity contribution in [3.63, 3.8) is 0 Å².